The average molecular weight is 266 g/mol. The van der Waals surface area contributed by atoms with E-state index in [0.717, 1.165) is 41.2 Å². The molecule has 0 saturated carbocycles. The third-order valence-corrected chi connectivity index (χ3v) is 4.13. The first-order chi connectivity index (χ1) is 7.27. The van der Waals surface area contributed by atoms with Crippen molar-refractivity contribution in [3.8, 4) is 0 Å². The van der Waals surface area contributed by atoms with Gasteiger partial charge in [-0.25, -0.2) is 0 Å². The molecule has 0 amide bonds. The summed E-state index contributed by atoms with van der Waals surface area (Å²) in [5.41, 5.74) is 0.922. The fraction of sp³-hybridized carbons (Fsp3) is 0.778. The van der Waals surface area contributed by atoms with Crippen molar-refractivity contribution < 1.29 is 0 Å². The fourth-order valence-corrected chi connectivity index (χ4v) is 2.91. The van der Waals surface area contributed by atoms with Crippen LogP contribution in [-0.2, 0) is 5.75 Å². The van der Waals surface area contributed by atoms with Crippen molar-refractivity contribution >= 4 is 34.9 Å². The highest BCUT2D eigenvalue weighted by Crippen LogP contribution is 2.21. The molecule has 1 heterocycles. The summed E-state index contributed by atoms with van der Waals surface area (Å²) in [4.78, 5) is 2.41. The molecule has 1 aromatic rings. The molecule has 0 N–H and O–H groups in total. The van der Waals surface area contributed by atoms with Crippen LogP contribution in [0.2, 0.25) is 4.34 Å². The minimum Gasteiger partial charge on any atom is -0.303 e. The normalized spacial score (nSPS) is 11.2. The minimum absolute atomic E-state index is 0.727. The van der Waals surface area contributed by atoms with E-state index in [1.165, 1.54) is 11.5 Å². The second-order valence-electron chi connectivity index (χ2n) is 3.07. The minimum atomic E-state index is 0.727. The molecule has 0 aliphatic carbocycles. The van der Waals surface area contributed by atoms with Crippen molar-refractivity contribution in [3.63, 3.8) is 0 Å². The maximum atomic E-state index is 5.91. The van der Waals surface area contributed by atoms with Crippen LogP contribution in [0, 0.1) is 0 Å². The van der Waals surface area contributed by atoms with E-state index in [1.807, 2.05) is 11.8 Å². The Kier molecular flexibility index (Phi) is 6.56. The highest BCUT2D eigenvalue weighted by Gasteiger charge is 2.05. The summed E-state index contributed by atoms with van der Waals surface area (Å²) in [5.74, 6) is 1.99. The molecule has 0 atom stereocenters. The van der Waals surface area contributed by atoms with Gasteiger partial charge in [0.25, 0.3) is 0 Å². The SMILES string of the molecule is CCN(CC)CCSCc1nnsc1Cl. The third kappa shape index (κ3) is 4.68. The average Bonchev–Trinajstić information content (AvgIpc) is 2.65. The zero-order valence-corrected chi connectivity index (χ0v) is 11.5. The molecule has 0 fully saturated rings. The summed E-state index contributed by atoms with van der Waals surface area (Å²) < 4.78 is 4.53. The Labute approximate surface area is 104 Å². The van der Waals surface area contributed by atoms with E-state index in [9.17, 15) is 0 Å². The Balaban J connectivity index is 2.14. The van der Waals surface area contributed by atoms with Gasteiger partial charge in [0.1, 0.15) is 10.0 Å². The first-order valence-electron chi connectivity index (χ1n) is 5.04. The van der Waals surface area contributed by atoms with Crippen molar-refractivity contribution in [3.05, 3.63) is 10.0 Å². The lowest BCUT2D eigenvalue weighted by molar-refractivity contribution is 0.324. The van der Waals surface area contributed by atoms with Crippen LogP contribution in [0.5, 0.6) is 0 Å². The lowest BCUT2D eigenvalue weighted by atomic mass is 10.5. The van der Waals surface area contributed by atoms with Gasteiger partial charge in [-0.15, -0.1) is 5.10 Å². The standard InChI is InChI=1S/C9H16ClN3S2/c1-3-13(4-2)5-6-14-7-8-9(10)15-12-11-8/h3-7H2,1-2H3. The van der Waals surface area contributed by atoms with Gasteiger partial charge in [-0.1, -0.05) is 29.9 Å². The van der Waals surface area contributed by atoms with Gasteiger partial charge in [0.15, 0.2) is 0 Å². The second-order valence-corrected chi connectivity index (χ2v) is 5.53. The molecule has 0 unspecified atom stereocenters. The molecule has 0 bridgehead atoms. The number of hydrogen-bond donors (Lipinski definition) is 0. The molecule has 0 spiro atoms. The predicted molar refractivity (Wildman–Crippen MR) is 68.9 cm³/mol. The summed E-state index contributed by atoms with van der Waals surface area (Å²) in [6.45, 7) is 7.75. The van der Waals surface area contributed by atoms with E-state index in [0.29, 0.717) is 0 Å². The molecule has 0 saturated heterocycles. The van der Waals surface area contributed by atoms with Crippen LogP contribution in [0.4, 0.5) is 0 Å². The van der Waals surface area contributed by atoms with Gasteiger partial charge in [0, 0.05) is 29.6 Å². The Bertz CT molecular complexity index is 276. The van der Waals surface area contributed by atoms with Gasteiger partial charge in [-0.05, 0) is 13.1 Å². The summed E-state index contributed by atoms with van der Waals surface area (Å²) >= 11 is 9.03. The first-order valence-corrected chi connectivity index (χ1v) is 7.35. The van der Waals surface area contributed by atoms with E-state index in [-0.39, 0.29) is 0 Å². The lowest BCUT2D eigenvalue weighted by Gasteiger charge is -2.16. The van der Waals surface area contributed by atoms with Crippen molar-refractivity contribution in [1.29, 1.82) is 0 Å². The van der Waals surface area contributed by atoms with Crippen LogP contribution < -0.4 is 0 Å². The van der Waals surface area contributed by atoms with Crippen LogP contribution in [0.25, 0.3) is 0 Å². The summed E-state index contributed by atoms with van der Waals surface area (Å²) in [7, 11) is 0. The van der Waals surface area contributed by atoms with E-state index in [2.05, 4.69) is 28.3 Å². The molecular formula is C9H16ClN3S2. The smallest absolute Gasteiger partial charge is 0.138 e. The lowest BCUT2D eigenvalue weighted by Crippen LogP contribution is -2.25. The molecule has 0 aliphatic heterocycles. The summed E-state index contributed by atoms with van der Waals surface area (Å²) in [5, 5.41) is 3.97. The van der Waals surface area contributed by atoms with Crippen LogP contribution >= 0.6 is 34.9 Å². The van der Waals surface area contributed by atoms with E-state index >= 15 is 0 Å². The molecule has 0 aliphatic rings. The second kappa shape index (κ2) is 7.44. The number of aromatic nitrogens is 2. The van der Waals surface area contributed by atoms with Crippen molar-refractivity contribution in [2.75, 3.05) is 25.4 Å². The van der Waals surface area contributed by atoms with Gasteiger partial charge in [0.2, 0.25) is 0 Å². The Morgan fingerprint density at radius 3 is 2.67 bits per heavy atom. The highest BCUT2D eigenvalue weighted by molar-refractivity contribution is 7.98. The molecule has 15 heavy (non-hydrogen) atoms. The Hall–Kier alpha value is 0.160. The Morgan fingerprint density at radius 1 is 1.40 bits per heavy atom. The van der Waals surface area contributed by atoms with Gasteiger partial charge < -0.3 is 4.90 Å². The summed E-state index contributed by atoms with van der Waals surface area (Å²) in [6, 6.07) is 0. The highest BCUT2D eigenvalue weighted by atomic mass is 35.5. The quantitative estimate of drug-likeness (QED) is 0.709. The van der Waals surface area contributed by atoms with Crippen LogP contribution in [-0.4, -0.2) is 39.9 Å². The zero-order chi connectivity index (χ0) is 11.1. The maximum Gasteiger partial charge on any atom is 0.138 e. The molecule has 3 nitrogen and oxygen atoms in total. The molecule has 1 aromatic heterocycles. The van der Waals surface area contributed by atoms with Crippen LogP contribution in [0.1, 0.15) is 19.5 Å². The van der Waals surface area contributed by atoms with E-state index in [4.69, 9.17) is 11.6 Å². The Morgan fingerprint density at radius 2 is 2.13 bits per heavy atom. The van der Waals surface area contributed by atoms with Gasteiger partial charge >= 0.3 is 0 Å². The van der Waals surface area contributed by atoms with Crippen molar-refractivity contribution in [1.82, 2.24) is 14.5 Å². The topological polar surface area (TPSA) is 29.0 Å². The van der Waals surface area contributed by atoms with E-state index in [1.54, 1.807) is 0 Å². The number of nitrogens with zero attached hydrogens (tertiary/aromatic N) is 3. The fourth-order valence-electron chi connectivity index (χ4n) is 1.19. The van der Waals surface area contributed by atoms with Crippen molar-refractivity contribution in [2.45, 2.75) is 19.6 Å². The molecule has 0 aromatic carbocycles. The van der Waals surface area contributed by atoms with Crippen LogP contribution in [0.15, 0.2) is 0 Å². The molecule has 6 heteroatoms. The maximum absolute atomic E-state index is 5.91. The molecule has 86 valence electrons. The summed E-state index contributed by atoms with van der Waals surface area (Å²) in [6.07, 6.45) is 0. The number of hydrogen-bond acceptors (Lipinski definition) is 5. The van der Waals surface area contributed by atoms with E-state index < -0.39 is 0 Å². The monoisotopic (exact) mass is 265 g/mol. The first kappa shape index (κ1) is 13.2. The van der Waals surface area contributed by atoms with Crippen molar-refractivity contribution in [2.24, 2.45) is 0 Å². The predicted octanol–water partition coefficient (Wildman–Crippen LogP) is 2.77. The molecule has 0 radical (unpaired) electrons. The number of thioether (sulfide) groups is 1. The van der Waals surface area contributed by atoms with Crippen LogP contribution in [0.3, 0.4) is 0 Å². The largest absolute Gasteiger partial charge is 0.303 e. The molecular weight excluding hydrogens is 250 g/mol. The van der Waals surface area contributed by atoms with Gasteiger partial charge in [-0.3, -0.25) is 0 Å². The zero-order valence-electron chi connectivity index (χ0n) is 9.07. The number of halogens is 1. The van der Waals surface area contributed by atoms with Gasteiger partial charge in [0.05, 0.1) is 0 Å². The van der Waals surface area contributed by atoms with Gasteiger partial charge in [-0.2, -0.15) is 11.8 Å². The third-order valence-electron chi connectivity index (χ3n) is 2.19. The number of rotatable bonds is 7. The molecule has 1 rings (SSSR count).